The zero-order valence-electron chi connectivity index (χ0n) is 9.30. The minimum atomic E-state index is -0.330. The van der Waals surface area contributed by atoms with Gasteiger partial charge in [-0.25, -0.2) is 4.98 Å². The number of rotatable bonds is 3. The van der Waals surface area contributed by atoms with Gasteiger partial charge in [-0.3, -0.25) is 4.79 Å². The van der Waals surface area contributed by atoms with Gasteiger partial charge in [-0.05, 0) is 19.1 Å². The van der Waals surface area contributed by atoms with E-state index in [1.165, 1.54) is 6.20 Å². The Morgan fingerprint density at radius 2 is 2.41 bits per heavy atom. The second-order valence-corrected chi connectivity index (χ2v) is 3.55. The smallest absolute Gasteiger partial charge is 0.272 e. The van der Waals surface area contributed by atoms with Crippen LogP contribution in [0.1, 0.15) is 21.9 Å². The number of hydrogen-bond donors (Lipinski definition) is 2. The maximum atomic E-state index is 11.7. The molecule has 0 saturated carbocycles. The Labute approximate surface area is 97.8 Å². The van der Waals surface area contributed by atoms with Crippen molar-refractivity contribution in [3.05, 3.63) is 41.5 Å². The number of pyridine rings is 1. The molecule has 1 amide bonds. The summed E-state index contributed by atoms with van der Waals surface area (Å²) in [6, 6.07) is 5.05. The van der Waals surface area contributed by atoms with E-state index < -0.39 is 0 Å². The minimum Gasteiger partial charge on any atom is -0.397 e. The number of aromatic nitrogens is 2. The molecule has 0 aliphatic carbocycles. The number of carbonyl (C=O) groups is 1. The van der Waals surface area contributed by atoms with E-state index in [9.17, 15) is 4.79 Å². The van der Waals surface area contributed by atoms with Crippen molar-refractivity contribution in [1.29, 1.82) is 0 Å². The van der Waals surface area contributed by atoms with Crippen molar-refractivity contribution >= 4 is 11.6 Å². The molecule has 6 nitrogen and oxygen atoms in total. The lowest BCUT2D eigenvalue weighted by Gasteiger charge is -2.04. The number of carbonyl (C=O) groups excluding carboxylic acids is 1. The van der Waals surface area contributed by atoms with Gasteiger partial charge in [0.2, 0.25) is 0 Å². The molecule has 0 fully saturated rings. The molecule has 0 radical (unpaired) electrons. The molecule has 2 aromatic rings. The van der Waals surface area contributed by atoms with Crippen LogP contribution in [-0.2, 0) is 6.54 Å². The molecule has 0 saturated heterocycles. The van der Waals surface area contributed by atoms with Gasteiger partial charge in [-0.2, -0.15) is 0 Å². The Balaban J connectivity index is 2.01. The lowest BCUT2D eigenvalue weighted by Crippen LogP contribution is -2.24. The van der Waals surface area contributed by atoms with E-state index in [0.29, 0.717) is 17.1 Å². The van der Waals surface area contributed by atoms with Crippen molar-refractivity contribution in [2.24, 2.45) is 0 Å². The molecular formula is C11H12N4O2. The first-order valence-corrected chi connectivity index (χ1v) is 5.07. The van der Waals surface area contributed by atoms with Gasteiger partial charge in [-0.1, -0.05) is 5.16 Å². The average molecular weight is 232 g/mol. The highest BCUT2D eigenvalue weighted by molar-refractivity contribution is 5.96. The molecule has 88 valence electrons. The van der Waals surface area contributed by atoms with Crippen LogP contribution in [0.5, 0.6) is 0 Å². The summed E-state index contributed by atoms with van der Waals surface area (Å²) in [5, 5.41) is 6.43. The fraction of sp³-hybridized carbons (Fsp3) is 0.182. The number of nitrogens with two attached hydrogens (primary N) is 1. The number of nitrogen functional groups attached to an aromatic ring is 1. The van der Waals surface area contributed by atoms with E-state index in [-0.39, 0.29) is 18.1 Å². The van der Waals surface area contributed by atoms with Crippen molar-refractivity contribution in [2.45, 2.75) is 13.5 Å². The van der Waals surface area contributed by atoms with Crippen LogP contribution >= 0.6 is 0 Å². The molecule has 2 aromatic heterocycles. The Morgan fingerprint density at radius 1 is 1.59 bits per heavy atom. The molecule has 17 heavy (non-hydrogen) atoms. The third-order valence-corrected chi connectivity index (χ3v) is 2.16. The molecule has 0 spiro atoms. The average Bonchev–Trinajstić information content (AvgIpc) is 2.73. The third-order valence-electron chi connectivity index (χ3n) is 2.16. The Kier molecular flexibility index (Phi) is 3.04. The molecule has 0 aliphatic heterocycles. The molecule has 3 N–H and O–H groups in total. The van der Waals surface area contributed by atoms with E-state index in [1.54, 1.807) is 25.1 Å². The predicted molar refractivity (Wildman–Crippen MR) is 61.1 cm³/mol. The fourth-order valence-corrected chi connectivity index (χ4v) is 1.36. The predicted octanol–water partition coefficient (Wildman–Crippen LogP) is 0.890. The number of hydrogen-bond acceptors (Lipinski definition) is 5. The third kappa shape index (κ3) is 2.60. The molecule has 2 heterocycles. The van der Waals surface area contributed by atoms with Crippen LogP contribution < -0.4 is 11.1 Å². The summed E-state index contributed by atoms with van der Waals surface area (Å²) in [5.74, 6) is 0.371. The maximum Gasteiger partial charge on any atom is 0.272 e. The summed E-state index contributed by atoms with van der Waals surface area (Å²) >= 11 is 0. The second kappa shape index (κ2) is 4.65. The quantitative estimate of drug-likeness (QED) is 0.819. The number of nitrogens with zero attached hydrogens (tertiary/aromatic N) is 2. The maximum absolute atomic E-state index is 11.7. The van der Waals surface area contributed by atoms with Crippen molar-refractivity contribution in [3.63, 3.8) is 0 Å². The van der Waals surface area contributed by atoms with Crippen LogP contribution in [-0.4, -0.2) is 16.0 Å². The van der Waals surface area contributed by atoms with Crippen LogP contribution in [0.15, 0.2) is 28.9 Å². The molecule has 0 bridgehead atoms. The van der Waals surface area contributed by atoms with Gasteiger partial charge in [0.25, 0.3) is 5.91 Å². The first-order chi connectivity index (χ1) is 8.16. The van der Waals surface area contributed by atoms with Crippen LogP contribution in [0.25, 0.3) is 0 Å². The number of aryl methyl sites for hydroxylation is 1. The summed E-state index contributed by atoms with van der Waals surface area (Å²) < 4.78 is 4.88. The second-order valence-electron chi connectivity index (χ2n) is 3.55. The molecule has 2 rings (SSSR count). The first-order valence-electron chi connectivity index (χ1n) is 5.07. The summed E-state index contributed by atoms with van der Waals surface area (Å²) in [6.45, 7) is 2.07. The van der Waals surface area contributed by atoms with Crippen molar-refractivity contribution in [1.82, 2.24) is 15.5 Å². The number of anilines is 1. The van der Waals surface area contributed by atoms with Crippen LogP contribution in [0.2, 0.25) is 0 Å². The van der Waals surface area contributed by atoms with Crippen LogP contribution in [0.4, 0.5) is 5.69 Å². The van der Waals surface area contributed by atoms with Crippen LogP contribution in [0.3, 0.4) is 0 Å². The molecule has 0 unspecified atom stereocenters. The van der Waals surface area contributed by atoms with Gasteiger partial charge in [-0.15, -0.1) is 0 Å². The monoisotopic (exact) mass is 232 g/mol. The Bertz CT molecular complexity index is 536. The minimum absolute atomic E-state index is 0.215. The van der Waals surface area contributed by atoms with E-state index in [4.69, 9.17) is 10.3 Å². The largest absolute Gasteiger partial charge is 0.397 e. The zero-order chi connectivity index (χ0) is 12.3. The molecule has 0 aromatic carbocycles. The topological polar surface area (TPSA) is 94.0 Å². The molecule has 0 atom stereocenters. The van der Waals surface area contributed by atoms with Gasteiger partial charge in [0, 0.05) is 12.3 Å². The standard InChI is InChI=1S/C11H12N4O2/c1-7-5-8(15-17-7)6-14-11(16)10-9(12)3-2-4-13-10/h2-5H,6,12H2,1H3,(H,14,16). The summed E-state index contributed by atoms with van der Waals surface area (Å²) in [7, 11) is 0. The summed E-state index contributed by atoms with van der Waals surface area (Å²) in [6.07, 6.45) is 1.52. The highest BCUT2D eigenvalue weighted by Crippen LogP contribution is 2.07. The number of amides is 1. The molecule has 0 aliphatic rings. The van der Waals surface area contributed by atoms with Crippen LogP contribution in [0, 0.1) is 6.92 Å². The van der Waals surface area contributed by atoms with Gasteiger partial charge in [0.15, 0.2) is 5.69 Å². The highest BCUT2D eigenvalue weighted by Gasteiger charge is 2.11. The lowest BCUT2D eigenvalue weighted by atomic mass is 10.3. The fourth-order valence-electron chi connectivity index (χ4n) is 1.36. The van der Waals surface area contributed by atoms with E-state index in [0.717, 1.165) is 0 Å². The normalized spacial score (nSPS) is 10.2. The molecular weight excluding hydrogens is 220 g/mol. The van der Waals surface area contributed by atoms with Crippen molar-refractivity contribution in [2.75, 3.05) is 5.73 Å². The van der Waals surface area contributed by atoms with Gasteiger partial charge >= 0.3 is 0 Å². The van der Waals surface area contributed by atoms with E-state index >= 15 is 0 Å². The van der Waals surface area contributed by atoms with Crippen molar-refractivity contribution < 1.29 is 9.32 Å². The zero-order valence-corrected chi connectivity index (χ0v) is 9.30. The van der Waals surface area contributed by atoms with E-state index in [1.807, 2.05) is 0 Å². The highest BCUT2D eigenvalue weighted by atomic mass is 16.5. The Hall–Kier alpha value is -2.37. The summed E-state index contributed by atoms with van der Waals surface area (Å²) in [5.41, 5.74) is 6.86. The summed E-state index contributed by atoms with van der Waals surface area (Å²) in [4.78, 5) is 15.6. The number of nitrogens with one attached hydrogen (secondary N) is 1. The van der Waals surface area contributed by atoms with Gasteiger partial charge in [0.1, 0.15) is 11.5 Å². The molecule has 6 heteroatoms. The lowest BCUT2D eigenvalue weighted by molar-refractivity contribution is 0.0946. The first kappa shape index (κ1) is 11.1. The Morgan fingerprint density at radius 3 is 3.06 bits per heavy atom. The van der Waals surface area contributed by atoms with Gasteiger partial charge in [0.05, 0.1) is 12.2 Å². The van der Waals surface area contributed by atoms with Crippen molar-refractivity contribution in [3.8, 4) is 0 Å². The van der Waals surface area contributed by atoms with Gasteiger partial charge < -0.3 is 15.6 Å². The van der Waals surface area contributed by atoms with E-state index in [2.05, 4.69) is 15.5 Å². The SMILES string of the molecule is Cc1cc(CNC(=O)c2ncccc2N)no1.